The molecule has 0 bridgehead atoms. The monoisotopic (exact) mass is 274 g/mol. The van der Waals surface area contributed by atoms with Crippen molar-refractivity contribution in [2.75, 3.05) is 5.32 Å². The normalized spacial score (nSPS) is 10.2. The third kappa shape index (κ3) is 2.65. The molecule has 0 aliphatic carbocycles. The number of phenols is 1. The van der Waals surface area contributed by atoms with Crippen LogP contribution in [0.1, 0.15) is 11.1 Å². The summed E-state index contributed by atoms with van der Waals surface area (Å²) in [4.78, 5) is 0. The average molecular weight is 274 g/mol. The summed E-state index contributed by atoms with van der Waals surface area (Å²) in [7, 11) is 0. The summed E-state index contributed by atoms with van der Waals surface area (Å²) in [6, 6.07) is 21.0. The standard InChI is InChI=1S/C18H14N2O/c19-11-14-7-10-18(17-4-2-1-3-16(14)17)20-12-13-5-8-15(21)9-6-13/h1-10,20-21H,12H2. The number of anilines is 1. The van der Waals surface area contributed by atoms with Crippen molar-refractivity contribution in [2.45, 2.75) is 6.54 Å². The van der Waals surface area contributed by atoms with Crippen molar-refractivity contribution in [1.82, 2.24) is 0 Å². The van der Waals surface area contributed by atoms with Gasteiger partial charge in [-0.2, -0.15) is 5.26 Å². The van der Waals surface area contributed by atoms with E-state index in [1.54, 1.807) is 12.1 Å². The van der Waals surface area contributed by atoms with E-state index in [4.69, 9.17) is 5.26 Å². The highest BCUT2D eigenvalue weighted by atomic mass is 16.3. The first-order valence-electron chi connectivity index (χ1n) is 6.71. The van der Waals surface area contributed by atoms with E-state index in [0.717, 1.165) is 22.0 Å². The maximum Gasteiger partial charge on any atom is 0.115 e. The Bertz CT molecular complexity index is 817. The Morgan fingerprint density at radius 2 is 1.62 bits per heavy atom. The van der Waals surface area contributed by atoms with Crippen LogP contribution >= 0.6 is 0 Å². The molecule has 2 N–H and O–H groups in total. The van der Waals surface area contributed by atoms with Gasteiger partial charge in [-0.25, -0.2) is 0 Å². The minimum Gasteiger partial charge on any atom is -0.508 e. The van der Waals surface area contributed by atoms with Gasteiger partial charge in [-0.3, -0.25) is 0 Å². The molecule has 3 aromatic carbocycles. The minimum atomic E-state index is 0.266. The third-order valence-corrected chi connectivity index (χ3v) is 3.46. The lowest BCUT2D eigenvalue weighted by atomic mass is 10.0. The summed E-state index contributed by atoms with van der Waals surface area (Å²) >= 11 is 0. The lowest BCUT2D eigenvalue weighted by Crippen LogP contribution is -2.00. The topological polar surface area (TPSA) is 56.0 Å². The average Bonchev–Trinajstić information content (AvgIpc) is 2.54. The first-order chi connectivity index (χ1) is 10.3. The van der Waals surface area contributed by atoms with Crippen LogP contribution in [0.2, 0.25) is 0 Å². The molecule has 0 amide bonds. The lowest BCUT2D eigenvalue weighted by molar-refractivity contribution is 0.475. The quantitative estimate of drug-likeness (QED) is 0.758. The maximum atomic E-state index is 9.29. The Hall–Kier alpha value is -2.99. The van der Waals surface area contributed by atoms with Gasteiger partial charge in [-0.15, -0.1) is 0 Å². The Morgan fingerprint density at radius 1 is 0.905 bits per heavy atom. The molecule has 102 valence electrons. The lowest BCUT2D eigenvalue weighted by Gasteiger charge is -2.11. The van der Waals surface area contributed by atoms with Crippen LogP contribution < -0.4 is 5.32 Å². The number of nitriles is 1. The Kier molecular flexibility index (Phi) is 3.44. The molecular formula is C18H14N2O. The summed E-state index contributed by atoms with van der Waals surface area (Å²) in [5.41, 5.74) is 2.76. The van der Waals surface area contributed by atoms with Gasteiger partial charge in [0.1, 0.15) is 5.75 Å². The molecular weight excluding hydrogens is 260 g/mol. The number of benzene rings is 3. The van der Waals surface area contributed by atoms with Crippen molar-refractivity contribution >= 4 is 16.5 Å². The molecule has 0 fully saturated rings. The van der Waals surface area contributed by atoms with Gasteiger partial charge in [0.05, 0.1) is 11.6 Å². The van der Waals surface area contributed by atoms with E-state index in [1.807, 2.05) is 48.5 Å². The van der Waals surface area contributed by atoms with E-state index in [1.165, 1.54) is 0 Å². The van der Waals surface area contributed by atoms with Crippen LogP contribution in [0.3, 0.4) is 0 Å². The molecule has 0 spiro atoms. The molecule has 0 aliphatic rings. The number of hydrogen-bond acceptors (Lipinski definition) is 3. The molecule has 0 atom stereocenters. The van der Waals surface area contributed by atoms with Crippen molar-refractivity contribution in [3.63, 3.8) is 0 Å². The number of nitrogens with zero attached hydrogens (tertiary/aromatic N) is 1. The van der Waals surface area contributed by atoms with E-state index in [-0.39, 0.29) is 5.75 Å². The third-order valence-electron chi connectivity index (χ3n) is 3.46. The van der Waals surface area contributed by atoms with Crippen LogP contribution in [-0.2, 0) is 6.54 Å². The Labute approximate surface area is 123 Å². The zero-order valence-electron chi connectivity index (χ0n) is 11.4. The largest absolute Gasteiger partial charge is 0.508 e. The predicted octanol–water partition coefficient (Wildman–Crippen LogP) is 4.03. The number of nitrogens with one attached hydrogen (secondary N) is 1. The van der Waals surface area contributed by atoms with Crippen LogP contribution in [-0.4, -0.2) is 5.11 Å². The van der Waals surface area contributed by atoms with E-state index in [2.05, 4.69) is 11.4 Å². The fraction of sp³-hybridized carbons (Fsp3) is 0.0556. The molecule has 0 saturated carbocycles. The second kappa shape index (κ2) is 5.56. The molecule has 0 radical (unpaired) electrons. The molecule has 21 heavy (non-hydrogen) atoms. The second-order valence-electron chi connectivity index (χ2n) is 4.84. The van der Waals surface area contributed by atoms with Crippen LogP contribution in [0.4, 0.5) is 5.69 Å². The number of aromatic hydroxyl groups is 1. The molecule has 3 nitrogen and oxygen atoms in total. The molecule has 3 heteroatoms. The molecule has 0 heterocycles. The number of phenolic OH excluding ortho intramolecular Hbond substituents is 1. The van der Waals surface area contributed by atoms with Crippen molar-refractivity contribution < 1.29 is 5.11 Å². The Morgan fingerprint density at radius 3 is 2.33 bits per heavy atom. The molecule has 0 aromatic heterocycles. The smallest absolute Gasteiger partial charge is 0.115 e. The molecule has 0 aliphatic heterocycles. The van der Waals surface area contributed by atoms with Gasteiger partial charge < -0.3 is 10.4 Å². The van der Waals surface area contributed by atoms with E-state index in [9.17, 15) is 5.11 Å². The predicted molar refractivity (Wildman–Crippen MR) is 84.1 cm³/mol. The van der Waals surface area contributed by atoms with Crippen molar-refractivity contribution in [1.29, 1.82) is 5.26 Å². The summed E-state index contributed by atoms with van der Waals surface area (Å²) < 4.78 is 0. The maximum absolute atomic E-state index is 9.29. The highest BCUT2D eigenvalue weighted by molar-refractivity contribution is 5.97. The van der Waals surface area contributed by atoms with E-state index < -0.39 is 0 Å². The van der Waals surface area contributed by atoms with Gasteiger partial charge in [-0.1, -0.05) is 36.4 Å². The summed E-state index contributed by atoms with van der Waals surface area (Å²) in [6.07, 6.45) is 0. The minimum absolute atomic E-state index is 0.266. The fourth-order valence-corrected chi connectivity index (χ4v) is 2.36. The van der Waals surface area contributed by atoms with Gasteiger partial charge in [0, 0.05) is 23.0 Å². The van der Waals surface area contributed by atoms with Gasteiger partial charge in [0.15, 0.2) is 0 Å². The van der Waals surface area contributed by atoms with Gasteiger partial charge in [0.2, 0.25) is 0 Å². The van der Waals surface area contributed by atoms with Crippen molar-refractivity contribution in [3.05, 3.63) is 71.8 Å². The highest BCUT2D eigenvalue weighted by Crippen LogP contribution is 2.26. The van der Waals surface area contributed by atoms with Crippen LogP contribution in [0.15, 0.2) is 60.7 Å². The van der Waals surface area contributed by atoms with Crippen LogP contribution in [0, 0.1) is 11.3 Å². The summed E-state index contributed by atoms with van der Waals surface area (Å²) in [6.45, 7) is 0.663. The van der Waals surface area contributed by atoms with Gasteiger partial charge in [0.25, 0.3) is 0 Å². The second-order valence-corrected chi connectivity index (χ2v) is 4.84. The summed E-state index contributed by atoms with van der Waals surface area (Å²) in [5, 5.41) is 23.8. The fourth-order valence-electron chi connectivity index (χ4n) is 2.36. The van der Waals surface area contributed by atoms with Crippen LogP contribution in [0.5, 0.6) is 5.75 Å². The van der Waals surface area contributed by atoms with Crippen LogP contribution in [0.25, 0.3) is 10.8 Å². The first kappa shape index (κ1) is 13.0. The SMILES string of the molecule is N#Cc1ccc(NCc2ccc(O)cc2)c2ccccc12. The zero-order chi connectivity index (χ0) is 14.7. The van der Waals surface area contributed by atoms with Gasteiger partial charge >= 0.3 is 0 Å². The van der Waals surface area contributed by atoms with E-state index >= 15 is 0 Å². The first-order valence-corrected chi connectivity index (χ1v) is 6.71. The Balaban J connectivity index is 1.91. The zero-order valence-corrected chi connectivity index (χ0v) is 11.4. The number of hydrogen-bond donors (Lipinski definition) is 2. The van der Waals surface area contributed by atoms with E-state index in [0.29, 0.717) is 12.1 Å². The van der Waals surface area contributed by atoms with Gasteiger partial charge in [-0.05, 0) is 29.8 Å². The highest BCUT2D eigenvalue weighted by Gasteiger charge is 2.05. The number of fused-ring (bicyclic) bond motifs is 1. The molecule has 0 saturated heterocycles. The molecule has 3 rings (SSSR count). The van der Waals surface area contributed by atoms with Crippen molar-refractivity contribution in [3.8, 4) is 11.8 Å². The van der Waals surface area contributed by atoms with Crippen molar-refractivity contribution in [2.24, 2.45) is 0 Å². The molecule has 3 aromatic rings. The number of rotatable bonds is 3. The molecule has 0 unspecified atom stereocenters. The summed E-state index contributed by atoms with van der Waals surface area (Å²) in [5.74, 6) is 0.266.